The van der Waals surface area contributed by atoms with Crippen LogP contribution in [0.3, 0.4) is 0 Å². The van der Waals surface area contributed by atoms with Gasteiger partial charge in [-0.25, -0.2) is 13.1 Å². The van der Waals surface area contributed by atoms with Crippen molar-refractivity contribution in [3.05, 3.63) is 70.6 Å². The van der Waals surface area contributed by atoms with Crippen molar-refractivity contribution >= 4 is 61.9 Å². The predicted octanol–water partition coefficient (Wildman–Crippen LogP) is 5.83. The molecule has 0 atom stereocenters. The molecule has 1 aliphatic heterocycles. The molecule has 1 heterocycles. The molecule has 210 valence electrons. The number of rotatable bonds is 15. The molecule has 1 aliphatic rings. The first-order chi connectivity index (χ1) is 18.7. The van der Waals surface area contributed by atoms with Crippen LogP contribution in [0, 0.1) is 0 Å². The Morgan fingerprint density at radius 2 is 1.59 bits per heavy atom. The second-order valence-corrected chi connectivity index (χ2v) is 13.0. The second kappa shape index (κ2) is 15.2. The zero-order valence-corrected chi connectivity index (χ0v) is 25.0. The molecule has 0 aliphatic carbocycles. The summed E-state index contributed by atoms with van der Waals surface area (Å²) in [6.45, 7) is 6.35. The Labute approximate surface area is 242 Å². The summed E-state index contributed by atoms with van der Waals surface area (Å²) in [5, 5.41) is 0. The Morgan fingerprint density at radius 3 is 2.18 bits per heavy atom. The molecule has 1 N–H and O–H groups in total. The Hall–Kier alpha value is -2.69. The van der Waals surface area contributed by atoms with E-state index >= 15 is 0 Å². The van der Waals surface area contributed by atoms with E-state index in [1.54, 1.807) is 24.3 Å². The van der Waals surface area contributed by atoms with Gasteiger partial charge in [0, 0.05) is 30.9 Å². The molecule has 2 aromatic carbocycles. The van der Waals surface area contributed by atoms with Crippen molar-refractivity contribution in [1.82, 2.24) is 9.62 Å². The summed E-state index contributed by atoms with van der Waals surface area (Å²) < 4.78 is 27.3. The van der Waals surface area contributed by atoms with E-state index in [0.717, 1.165) is 30.4 Å². The molecule has 7 nitrogen and oxygen atoms in total. The molecule has 0 saturated carbocycles. The fourth-order valence-corrected chi connectivity index (χ4v) is 6.39. The summed E-state index contributed by atoms with van der Waals surface area (Å²) >= 11 is 6.51. The van der Waals surface area contributed by atoms with Gasteiger partial charge in [-0.3, -0.25) is 14.5 Å². The lowest BCUT2D eigenvalue weighted by atomic mass is 10.1. The molecule has 0 aromatic heterocycles. The number of benzene rings is 2. The van der Waals surface area contributed by atoms with Crippen LogP contribution in [-0.2, 0) is 14.8 Å². The van der Waals surface area contributed by atoms with Crippen LogP contribution in [0.15, 0.2) is 59.5 Å². The average Bonchev–Trinajstić information content (AvgIpc) is 3.19. The predicted molar refractivity (Wildman–Crippen MR) is 165 cm³/mol. The SMILES string of the molecule is CCCCCN(CCCCC)c1ccc(/C=C2\SC(=S)N(CCS(=O)(=O)NC(=O)c3ccccc3)C2=O)cc1. The van der Waals surface area contributed by atoms with Crippen molar-refractivity contribution in [2.24, 2.45) is 0 Å². The van der Waals surface area contributed by atoms with Crippen molar-refractivity contribution < 1.29 is 18.0 Å². The number of hydrogen-bond acceptors (Lipinski definition) is 7. The smallest absolute Gasteiger partial charge is 0.266 e. The lowest BCUT2D eigenvalue weighted by molar-refractivity contribution is -0.121. The molecule has 1 saturated heterocycles. The molecule has 0 spiro atoms. The van der Waals surface area contributed by atoms with Gasteiger partial charge in [-0.15, -0.1) is 0 Å². The zero-order valence-electron chi connectivity index (χ0n) is 22.6. The van der Waals surface area contributed by atoms with Gasteiger partial charge in [0.2, 0.25) is 10.0 Å². The number of carbonyl (C=O) groups is 2. The highest BCUT2D eigenvalue weighted by Crippen LogP contribution is 2.32. The molecule has 39 heavy (non-hydrogen) atoms. The van der Waals surface area contributed by atoms with Crippen LogP contribution in [0.4, 0.5) is 5.69 Å². The van der Waals surface area contributed by atoms with Gasteiger partial charge in [-0.2, -0.15) is 0 Å². The number of thiocarbonyl (C=S) groups is 1. The van der Waals surface area contributed by atoms with Crippen LogP contribution in [0.2, 0.25) is 0 Å². The summed E-state index contributed by atoms with van der Waals surface area (Å²) in [6, 6.07) is 16.3. The van der Waals surface area contributed by atoms with Crippen LogP contribution in [0.5, 0.6) is 0 Å². The van der Waals surface area contributed by atoms with Crippen molar-refractivity contribution in [1.29, 1.82) is 0 Å². The Balaban J connectivity index is 1.61. The van der Waals surface area contributed by atoms with E-state index in [1.807, 2.05) is 12.1 Å². The van der Waals surface area contributed by atoms with E-state index in [-0.39, 0.29) is 18.0 Å². The normalized spacial score (nSPS) is 14.7. The summed E-state index contributed by atoms with van der Waals surface area (Å²) in [5.74, 6) is -1.48. The number of carbonyl (C=O) groups excluding carboxylic acids is 2. The van der Waals surface area contributed by atoms with E-state index < -0.39 is 21.7 Å². The Morgan fingerprint density at radius 1 is 0.974 bits per heavy atom. The highest BCUT2D eigenvalue weighted by Gasteiger charge is 2.33. The van der Waals surface area contributed by atoms with Gasteiger partial charge in [-0.1, -0.05) is 93.8 Å². The Kier molecular flexibility index (Phi) is 12.0. The third-order valence-corrected chi connectivity index (χ3v) is 8.95. The number of amides is 2. The number of thioether (sulfide) groups is 1. The van der Waals surface area contributed by atoms with Crippen LogP contribution in [0.1, 0.15) is 68.3 Å². The minimum Gasteiger partial charge on any atom is -0.372 e. The number of nitrogens with one attached hydrogen (secondary N) is 1. The molecule has 2 amide bonds. The van der Waals surface area contributed by atoms with Crippen molar-refractivity contribution in [2.45, 2.75) is 52.4 Å². The summed E-state index contributed by atoms with van der Waals surface area (Å²) in [4.78, 5) is 29.4. The first-order valence-corrected chi connectivity index (χ1v) is 16.3. The maximum atomic E-state index is 13.0. The quantitative estimate of drug-likeness (QED) is 0.159. The standard InChI is InChI=1S/C29H37N3O4S3/c1-3-5-10-18-31(19-11-6-4-2)25-16-14-23(15-17-25)22-26-28(34)32(29(37)38-26)20-21-39(35,36)30-27(33)24-12-8-7-9-13-24/h7-9,12-17,22H,3-6,10-11,18-21H2,1-2H3,(H,30,33)/b26-22-. The van der Waals surface area contributed by atoms with E-state index in [0.29, 0.717) is 9.23 Å². The maximum Gasteiger partial charge on any atom is 0.266 e. The second-order valence-electron chi connectivity index (χ2n) is 9.44. The van der Waals surface area contributed by atoms with Crippen molar-refractivity contribution in [3.8, 4) is 0 Å². The molecule has 1 fully saturated rings. The monoisotopic (exact) mass is 587 g/mol. The average molecular weight is 588 g/mol. The van der Waals surface area contributed by atoms with Crippen LogP contribution in [0.25, 0.3) is 6.08 Å². The molecular weight excluding hydrogens is 551 g/mol. The minimum absolute atomic E-state index is 0.136. The maximum absolute atomic E-state index is 13.0. The molecule has 0 bridgehead atoms. The van der Waals surface area contributed by atoms with Crippen molar-refractivity contribution in [3.63, 3.8) is 0 Å². The third-order valence-electron chi connectivity index (χ3n) is 6.36. The highest BCUT2D eigenvalue weighted by molar-refractivity contribution is 8.26. The van der Waals surface area contributed by atoms with Crippen LogP contribution >= 0.6 is 24.0 Å². The summed E-state index contributed by atoms with van der Waals surface area (Å²) in [6.07, 6.45) is 8.92. The fraction of sp³-hybridized carbons (Fsp3) is 0.414. The van der Waals surface area contributed by atoms with Crippen molar-refractivity contribution in [2.75, 3.05) is 30.3 Å². The van der Waals surface area contributed by atoms with Gasteiger partial charge in [0.15, 0.2) is 0 Å². The first-order valence-electron chi connectivity index (χ1n) is 13.4. The van der Waals surface area contributed by atoms with E-state index in [1.165, 1.54) is 61.2 Å². The van der Waals surface area contributed by atoms with Gasteiger partial charge in [0.25, 0.3) is 11.8 Å². The number of sulfonamides is 1. The molecule has 3 rings (SSSR count). The molecular formula is C29H37N3O4S3. The fourth-order valence-electron chi connectivity index (χ4n) is 4.15. The minimum atomic E-state index is -3.96. The first kappa shape index (κ1) is 30.8. The number of anilines is 1. The zero-order chi connectivity index (χ0) is 28.3. The van der Waals surface area contributed by atoms with Gasteiger partial charge >= 0.3 is 0 Å². The molecule has 2 aromatic rings. The van der Waals surface area contributed by atoms with Crippen LogP contribution in [-0.4, -0.2) is 54.8 Å². The molecule has 10 heteroatoms. The Bertz CT molecular complexity index is 1250. The lowest BCUT2D eigenvalue weighted by Gasteiger charge is -2.25. The third kappa shape index (κ3) is 9.47. The van der Waals surface area contributed by atoms with E-state index in [9.17, 15) is 18.0 Å². The molecule has 0 radical (unpaired) electrons. The summed E-state index contributed by atoms with van der Waals surface area (Å²) in [7, 11) is -3.96. The van der Waals surface area contributed by atoms with E-state index in [4.69, 9.17) is 12.2 Å². The molecule has 0 unspecified atom stereocenters. The van der Waals surface area contributed by atoms with Gasteiger partial charge in [0.1, 0.15) is 4.32 Å². The van der Waals surface area contributed by atoms with Gasteiger partial charge in [0.05, 0.1) is 10.7 Å². The van der Waals surface area contributed by atoms with E-state index in [2.05, 4.69) is 35.6 Å². The number of hydrogen-bond donors (Lipinski definition) is 1. The van der Waals surface area contributed by atoms with Crippen LogP contribution < -0.4 is 9.62 Å². The highest BCUT2D eigenvalue weighted by atomic mass is 32.2. The number of unbranched alkanes of at least 4 members (excludes halogenated alkanes) is 4. The lowest BCUT2D eigenvalue weighted by Crippen LogP contribution is -2.39. The number of nitrogens with zero attached hydrogens (tertiary/aromatic N) is 2. The summed E-state index contributed by atoms with van der Waals surface area (Å²) in [5.41, 5.74) is 2.30. The van der Waals surface area contributed by atoms with Gasteiger partial charge in [-0.05, 0) is 48.7 Å². The largest absolute Gasteiger partial charge is 0.372 e. The topological polar surface area (TPSA) is 86.8 Å². The van der Waals surface area contributed by atoms with Gasteiger partial charge < -0.3 is 4.90 Å².